The van der Waals surface area contributed by atoms with E-state index in [-0.39, 0.29) is 0 Å². The van der Waals surface area contributed by atoms with Crippen LogP contribution in [0.25, 0.3) is 0 Å². The first kappa shape index (κ1) is 11.8. The molecule has 0 amide bonds. The first-order valence-electron chi connectivity index (χ1n) is 5.73. The molecule has 80 valence electrons. The summed E-state index contributed by atoms with van der Waals surface area (Å²) < 4.78 is 0. The average molecular weight is 200 g/mol. The Hall–Kier alpha value is -1.30. The second kappa shape index (κ2) is 8.05. The summed E-state index contributed by atoms with van der Waals surface area (Å²) in [4.78, 5) is 0. The third kappa shape index (κ3) is 5.90. The van der Waals surface area contributed by atoms with Crippen molar-refractivity contribution in [3.63, 3.8) is 0 Å². The molecule has 0 heteroatoms. The van der Waals surface area contributed by atoms with E-state index in [4.69, 9.17) is 0 Å². The van der Waals surface area contributed by atoms with Crippen molar-refractivity contribution in [3.05, 3.63) is 60.2 Å². The van der Waals surface area contributed by atoms with Crippen molar-refractivity contribution in [3.8, 4) is 0 Å². The molecule has 0 nitrogen and oxygen atoms in total. The van der Waals surface area contributed by atoms with Crippen molar-refractivity contribution in [1.82, 2.24) is 0 Å². The van der Waals surface area contributed by atoms with Gasteiger partial charge >= 0.3 is 0 Å². The Morgan fingerprint density at radius 2 is 1.53 bits per heavy atom. The fourth-order valence-corrected chi connectivity index (χ4v) is 1.49. The van der Waals surface area contributed by atoms with E-state index >= 15 is 0 Å². The van der Waals surface area contributed by atoms with Crippen LogP contribution in [-0.4, -0.2) is 0 Å². The van der Waals surface area contributed by atoms with E-state index in [1.165, 1.54) is 18.4 Å². The second-order valence-electron chi connectivity index (χ2n) is 3.64. The van der Waals surface area contributed by atoms with Crippen LogP contribution in [0, 0.1) is 0 Å². The summed E-state index contributed by atoms with van der Waals surface area (Å²) in [5.41, 5.74) is 1.43. The van der Waals surface area contributed by atoms with Gasteiger partial charge in [0.15, 0.2) is 0 Å². The highest BCUT2D eigenvalue weighted by atomic mass is 13.9. The Morgan fingerprint density at radius 1 is 0.867 bits per heavy atom. The molecule has 1 rings (SSSR count). The zero-order chi connectivity index (χ0) is 10.8. The largest absolute Gasteiger partial charge is 0.0917 e. The molecule has 0 heterocycles. The van der Waals surface area contributed by atoms with Gasteiger partial charge in [-0.3, -0.25) is 0 Å². The van der Waals surface area contributed by atoms with Crippen LogP contribution in [0.5, 0.6) is 0 Å². The lowest BCUT2D eigenvalue weighted by Crippen LogP contribution is -1.81. The van der Waals surface area contributed by atoms with Gasteiger partial charge in [0.1, 0.15) is 0 Å². The molecule has 0 saturated carbocycles. The molecule has 0 N–H and O–H groups in total. The topological polar surface area (TPSA) is 0 Å². The van der Waals surface area contributed by atoms with E-state index in [0.717, 1.165) is 12.8 Å². The average Bonchev–Trinajstić information content (AvgIpc) is 2.29. The van der Waals surface area contributed by atoms with Crippen LogP contribution >= 0.6 is 0 Å². The molecule has 0 saturated heterocycles. The molecular formula is C15H20. The van der Waals surface area contributed by atoms with Crippen molar-refractivity contribution < 1.29 is 0 Å². The summed E-state index contributed by atoms with van der Waals surface area (Å²) in [6, 6.07) is 10.6. The Bertz CT molecular complexity index is 293. The maximum absolute atomic E-state index is 2.29. The van der Waals surface area contributed by atoms with Crippen molar-refractivity contribution >= 4 is 0 Å². The van der Waals surface area contributed by atoms with Gasteiger partial charge < -0.3 is 0 Å². The monoisotopic (exact) mass is 200 g/mol. The third-order valence-electron chi connectivity index (χ3n) is 2.34. The number of allylic oxidation sites excluding steroid dienone is 4. The summed E-state index contributed by atoms with van der Waals surface area (Å²) in [7, 11) is 0. The molecule has 0 unspecified atom stereocenters. The number of benzene rings is 1. The summed E-state index contributed by atoms with van der Waals surface area (Å²) in [6.07, 6.45) is 13.5. The predicted molar refractivity (Wildman–Crippen MR) is 68.0 cm³/mol. The fraction of sp³-hybridized carbons (Fsp3) is 0.333. The van der Waals surface area contributed by atoms with Crippen LogP contribution in [0.2, 0.25) is 0 Å². The van der Waals surface area contributed by atoms with E-state index in [1.54, 1.807) is 0 Å². The first-order chi connectivity index (χ1) is 7.43. The molecule has 0 aliphatic carbocycles. The minimum absolute atomic E-state index is 1.15. The quantitative estimate of drug-likeness (QED) is 0.467. The third-order valence-corrected chi connectivity index (χ3v) is 2.34. The minimum atomic E-state index is 1.15. The molecule has 0 aliphatic heterocycles. The van der Waals surface area contributed by atoms with Crippen LogP contribution in [0.3, 0.4) is 0 Å². The normalized spacial score (nSPS) is 11.5. The van der Waals surface area contributed by atoms with Gasteiger partial charge in [-0.05, 0) is 38.2 Å². The van der Waals surface area contributed by atoms with Gasteiger partial charge in [0, 0.05) is 0 Å². The van der Waals surface area contributed by atoms with Crippen molar-refractivity contribution in [2.24, 2.45) is 0 Å². The second-order valence-corrected chi connectivity index (χ2v) is 3.64. The van der Waals surface area contributed by atoms with Crippen LogP contribution < -0.4 is 0 Å². The minimum Gasteiger partial charge on any atom is -0.0917 e. The van der Waals surface area contributed by atoms with Crippen molar-refractivity contribution in [2.75, 3.05) is 0 Å². The number of aryl methyl sites for hydroxylation is 1. The number of hydrogen-bond donors (Lipinski definition) is 0. The summed E-state index contributed by atoms with van der Waals surface area (Å²) in [6.45, 7) is 2.07. The SMILES string of the molecule is CC=CCCC=CCCc1ccccc1. The van der Waals surface area contributed by atoms with Gasteiger partial charge in [0.05, 0.1) is 0 Å². The van der Waals surface area contributed by atoms with Gasteiger partial charge in [-0.1, -0.05) is 54.6 Å². The Kier molecular flexibility index (Phi) is 6.31. The summed E-state index contributed by atoms with van der Waals surface area (Å²) >= 11 is 0. The molecule has 0 fully saturated rings. The van der Waals surface area contributed by atoms with Crippen LogP contribution in [-0.2, 0) is 6.42 Å². The predicted octanol–water partition coefficient (Wildman–Crippen LogP) is 4.53. The molecular weight excluding hydrogens is 180 g/mol. The molecule has 0 radical (unpaired) electrons. The van der Waals surface area contributed by atoms with Gasteiger partial charge in [-0.15, -0.1) is 0 Å². The van der Waals surface area contributed by atoms with E-state index in [2.05, 4.69) is 61.6 Å². The molecule has 0 atom stereocenters. The highest BCUT2D eigenvalue weighted by Crippen LogP contribution is 2.03. The van der Waals surface area contributed by atoms with Crippen molar-refractivity contribution in [2.45, 2.75) is 32.6 Å². The molecule has 1 aromatic rings. The van der Waals surface area contributed by atoms with E-state index in [0.29, 0.717) is 0 Å². The molecule has 0 aromatic heterocycles. The van der Waals surface area contributed by atoms with E-state index in [1.807, 2.05) is 0 Å². The Labute approximate surface area is 93.3 Å². The molecule has 0 spiro atoms. The number of unbranched alkanes of at least 4 members (excludes halogenated alkanes) is 1. The van der Waals surface area contributed by atoms with Gasteiger partial charge in [0.2, 0.25) is 0 Å². The fourth-order valence-electron chi connectivity index (χ4n) is 1.49. The van der Waals surface area contributed by atoms with Gasteiger partial charge in [0.25, 0.3) is 0 Å². The molecule has 15 heavy (non-hydrogen) atoms. The zero-order valence-corrected chi connectivity index (χ0v) is 9.52. The summed E-state index contributed by atoms with van der Waals surface area (Å²) in [5, 5.41) is 0. The standard InChI is InChI=1S/C15H20/c1-2-3-4-5-6-7-9-12-15-13-10-8-11-14-15/h2-3,6-8,10-11,13-14H,4-5,9,12H2,1H3. The van der Waals surface area contributed by atoms with Crippen LogP contribution in [0.4, 0.5) is 0 Å². The van der Waals surface area contributed by atoms with Crippen molar-refractivity contribution in [1.29, 1.82) is 0 Å². The molecule has 0 aliphatic rings. The van der Waals surface area contributed by atoms with E-state index < -0.39 is 0 Å². The van der Waals surface area contributed by atoms with Crippen LogP contribution in [0.1, 0.15) is 31.7 Å². The highest BCUT2D eigenvalue weighted by Gasteiger charge is 1.87. The zero-order valence-electron chi connectivity index (χ0n) is 9.52. The smallest absolute Gasteiger partial charge is 0.0244 e. The number of hydrogen-bond acceptors (Lipinski definition) is 0. The maximum Gasteiger partial charge on any atom is -0.0244 e. The first-order valence-corrected chi connectivity index (χ1v) is 5.73. The lowest BCUT2D eigenvalue weighted by molar-refractivity contribution is 0.976. The lowest BCUT2D eigenvalue weighted by Gasteiger charge is -1.96. The maximum atomic E-state index is 2.29. The number of rotatable bonds is 6. The van der Waals surface area contributed by atoms with E-state index in [9.17, 15) is 0 Å². The van der Waals surface area contributed by atoms with Crippen LogP contribution in [0.15, 0.2) is 54.6 Å². The highest BCUT2D eigenvalue weighted by molar-refractivity contribution is 5.15. The van der Waals surface area contributed by atoms with Gasteiger partial charge in [-0.25, -0.2) is 0 Å². The Morgan fingerprint density at radius 3 is 2.27 bits per heavy atom. The molecule has 0 bridgehead atoms. The Balaban J connectivity index is 2.11. The van der Waals surface area contributed by atoms with Gasteiger partial charge in [-0.2, -0.15) is 0 Å². The molecule has 1 aromatic carbocycles. The summed E-state index contributed by atoms with van der Waals surface area (Å²) in [5.74, 6) is 0. The lowest BCUT2D eigenvalue weighted by atomic mass is 10.1.